The Morgan fingerprint density at radius 3 is 2.73 bits per heavy atom. The van der Waals surface area contributed by atoms with Gasteiger partial charge in [-0.3, -0.25) is 4.79 Å². The number of nitrogens with two attached hydrogens (primary N) is 1. The van der Waals surface area contributed by atoms with Crippen LogP contribution in [-0.2, 0) is 16.1 Å². The fraction of sp³-hybridized carbons (Fsp3) is 0.632. The molecule has 0 aliphatic carbocycles. The zero-order valence-electron chi connectivity index (χ0n) is 16.0. The van der Waals surface area contributed by atoms with Crippen LogP contribution in [-0.4, -0.2) is 64.4 Å². The van der Waals surface area contributed by atoms with Gasteiger partial charge in [0.15, 0.2) is 11.5 Å². The lowest BCUT2D eigenvalue weighted by atomic mass is 9.92. The van der Waals surface area contributed by atoms with Crippen LogP contribution in [0, 0.1) is 5.92 Å². The molecule has 0 saturated carbocycles. The molecule has 1 amide bonds. The molecule has 1 unspecified atom stereocenters. The molecule has 0 radical (unpaired) electrons. The van der Waals surface area contributed by atoms with Gasteiger partial charge in [0.1, 0.15) is 6.61 Å². The number of methoxy groups -OCH3 is 1. The molecular weight excluding hydrogens is 334 g/mol. The molecule has 0 aromatic heterocycles. The second kappa shape index (κ2) is 10.4. The second-order valence-electron chi connectivity index (χ2n) is 6.83. The monoisotopic (exact) mass is 365 g/mol. The van der Waals surface area contributed by atoms with E-state index >= 15 is 0 Å². The number of benzene rings is 1. The van der Waals surface area contributed by atoms with Crippen molar-refractivity contribution in [3.05, 3.63) is 23.8 Å². The molecule has 1 atom stereocenters. The molecule has 0 bridgehead atoms. The smallest absolute Gasteiger partial charge is 0.237 e. The minimum absolute atomic E-state index is 0.123. The predicted octanol–water partition coefficient (Wildman–Crippen LogP) is 1.01. The van der Waals surface area contributed by atoms with E-state index in [1.165, 1.54) is 0 Å². The molecule has 1 aliphatic heterocycles. The summed E-state index contributed by atoms with van der Waals surface area (Å²) in [6.45, 7) is 3.17. The number of hydrogen-bond acceptors (Lipinski definition) is 6. The Kier molecular flexibility index (Phi) is 8.15. The number of likely N-dealkylation sites (N-methyl/N-ethyl adjacent to an activating group) is 1. The fourth-order valence-electron chi connectivity index (χ4n) is 2.88. The summed E-state index contributed by atoms with van der Waals surface area (Å²) < 4.78 is 16.5. The number of nitrogens with one attached hydrogen (secondary N) is 1. The zero-order chi connectivity index (χ0) is 18.9. The van der Waals surface area contributed by atoms with Crippen molar-refractivity contribution in [3.8, 4) is 11.5 Å². The molecule has 26 heavy (non-hydrogen) atoms. The minimum Gasteiger partial charge on any atom is -0.493 e. The van der Waals surface area contributed by atoms with Gasteiger partial charge in [-0.05, 0) is 50.6 Å². The van der Waals surface area contributed by atoms with Gasteiger partial charge in [0.2, 0.25) is 5.91 Å². The molecule has 1 saturated heterocycles. The van der Waals surface area contributed by atoms with Gasteiger partial charge in [-0.2, -0.15) is 0 Å². The first kappa shape index (κ1) is 20.5. The van der Waals surface area contributed by atoms with Crippen molar-refractivity contribution < 1.29 is 19.0 Å². The summed E-state index contributed by atoms with van der Waals surface area (Å²) in [5, 5.41) is 2.92. The van der Waals surface area contributed by atoms with Crippen molar-refractivity contribution in [1.82, 2.24) is 10.2 Å². The van der Waals surface area contributed by atoms with Crippen molar-refractivity contribution in [1.29, 1.82) is 0 Å². The lowest BCUT2D eigenvalue weighted by Crippen LogP contribution is -2.46. The van der Waals surface area contributed by atoms with Gasteiger partial charge in [-0.1, -0.05) is 6.07 Å². The van der Waals surface area contributed by atoms with Gasteiger partial charge in [0.25, 0.3) is 0 Å². The van der Waals surface area contributed by atoms with Crippen LogP contribution >= 0.6 is 0 Å². The Morgan fingerprint density at radius 2 is 2.08 bits per heavy atom. The van der Waals surface area contributed by atoms with E-state index in [1.807, 2.05) is 32.3 Å². The quantitative estimate of drug-likeness (QED) is 0.679. The first-order valence-corrected chi connectivity index (χ1v) is 9.06. The second-order valence-corrected chi connectivity index (χ2v) is 6.83. The van der Waals surface area contributed by atoms with E-state index in [0.29, 0.717) is 37.9 Å². The van der Waals surface area contributed by atoms with E-state index in [2.05, 4.69) is 10.2 Å². The maximum Gasteiger partial charge on any atom is 0.237 e. The number of ether oxygens (including phenoxy) is 3. The van der Waals surface area contributed by atoms with Crippen LogP contribution in [0.25, 0.3) is 0 Å². The summed E-state index contributed by atoms with van der Waals surface area (Å²) in [5.41, 5.74) is 7.04. The Bertz CT molecular complexity index is 574. The highest BCUT2D eigenvalue weighted by atomic mass is 16.5. The molecule has 7 nitrogen and oxygen atoms in total. The molecule has 146 valence electrons. The van der Waals surface area contributed by atoms with Crippen LogP contribution in [0.5, 0.6) is 11.5 Å². The molecule has 7 heteroatoms. The van der Waals surface area contributed by atoms with E-state index in [1.54, 1.807) is 7.11 Å². The molecule has 1 fully saturated rings. The summed E-state index contributed by atoms with van der Waals surface area (Å²) in [7, 11) is 5.60. The van der Waals surface area contributed by atoms with Crippen molar-refractivity contribution in [2.24, 2.45) is 11.7 Å². The minimum atomic E-state index is -0.491. The molecular formula is C19H31N3O4. The summed E-state index contributed by atoms with van der Waals surface area (Å²) in [5.74, 6) is 1.42. The molecule has 1 aliphatic rings. The number of carbonyl (C=O) groups is 1. The van der Waals surface area contributed by atoms with Gasteiger partial charge >= 0.3 is 0 Å². The lowest BCUT2D eigenvalue weighted by Gasteiger charge is -2.26. The van der Waals surface area contributed by atoms with Gasteiger partial charge in [0.05, 0.1) is 13.2 Å². The highest BCUT2D eigenvalue weighted by Gasteiger charge is 2.26. The van der Waals surface area contributed by atoms with Crippen LogP contribution in [0.2, 0.25) is 0 Å². The first-order chi connectivity index (χ1) is 12.5. The van der Waals surface area contributed by atoms with Gasteiger partial charge in [0, 0.05) is 26.3 Å². The third kappa shape index (κ3) is 6.16. The number of hydrogen-bond donors (Lipinski definition) is 2. The van der Waals surface area contributed by atoms with Crippen molar-refractivity contribution in [2.45, 2.75) is 25.4 Å². The van der Waals surface area contributed by atoms with Crippen LogP contribution in [0.4, 0.5) is 0 Å². The Labute approximate surface area is 155 Å². The van der Waals surface area contributed by atoms with E-state index in [4.69, 9.17) is 19.9 Å². The topological polar surface area (TPSA) is 86.0 Å². The Balaban J connectivity index is 1.87. The van der Waals surface area contributed by atoms with E-state index in [9.17, 15) is 4.79 Å². The van der Waals surface area contributed by atoms with Crippen LogP contribution in [0.3, 0.4) is 0 Å². The number of amides is 1. The van der Waals surface area contributed by atoms with Gasteiger partial charge in [-0.25, -0.2) is 0 Å². The largest absolute Gasteiger partial charge is 0.493 e. The number of nitrogens with zero attached hydrogens (tertiary/aromatic N) is 1. The predicted molar refractivity (Wildman–Crippen MR) is 100 cm³/mol. The lowest BCUT2D eigenvalue weighted by molar-refractivity contribution is -0.124. The molecule has 1 aromatic rings. The molecule has 0 spiro atoms. The fourth-order valence-corrected chi connectivity index (χ4v) is 2.88. The summed E-state index contributed by atoms with van der Waals surface area (Å²) in [4.78, 5) is 14.4. The average molecular weight is 365 g/mol. The maximum absolute atomic E-state index is 12.3. The SMILES string of the molecule is COc1cc(CNC(=O)C(N)C2CCOCC2)ccc1OCCN(C)C. The maximum atomic E-state index is 12.3. The van der Waals surface area contributed by atoms with Crippen LogP contribution in [0.15, 0.2) is 18.2 Å². The third-order valence-electron chi connectivity index (χ3n) is 4.57. The van der Waals surface area contributed by atoms with Gasteiger partial charge in [-0.15, -0.1) is 0 Å². The van der Waals surface area contributed by atoms with E-state index < -0.39 is 6.04 Å². The summed E-state index contributed by atoms with van der Waals surface area (Å²) >= 11 is 0. The highest BCUT2D eigenvalue weighted by Crippen LogP contribution is 2.28. The van der Waals surface area contributed by atoms with Crippen LogP contribution < -0.4 is 20.5 Å². The van der Waals surface area contributed by atoms with Crippen molar-refractivity contribution >= 4 is 5.91 Å². The summed E-state index contributed by atoms with van der Waals surface area (Å²) in [6.07, 6.45) is 1.67. The molecule has 1 heterocycles. The average Bonchev–Trinajstić information content (AvgIpc) is 2.66. The standard InChI is InChI=1S/C19H31N3O4/c1-22(2)8-11-26-16-5-4-14(12-17(16)24-3)13-21-19(23)18(20)15-6-9-25-10-7-15/h4-5,12,15,18H,6-11,13,20H2,1-3H3,(H,21,23). The van der Waals surface area contributed by atoms with Crippen molar-refractivity contribution in [3.63, 3.8) is 0 Å². The normalized spacial score (nSPS) is 16.3. The van der Waals surface area contributed by atoms with Crippen LogP contribution in [0.1, 0.15) is 18.4 Å². The highest BCUT2D eigenvalue weighted by molar-refractivity contribution is 5.81. The van der Waals surface area contributed by atoms with E-state index in [-0.39, 0.29) is 11.8 Å². The van der Waals surface area contributed by atoms with Gasteiger partial charge < -0.3 is 30.2 Å². The third-order valence-corrected chi connectivity index (χ3v) is 4.57. The molecule has 1 aromatic carbocycles. The number of rotatable bonds is 9. The Hall–Kier alpha value is -1.83. The van der Waals surface area contributed by atoms with Crippen molar-refractivity contribution in [2.75, 3.05) is 47.6 Å². The molecule has 2 rings (SSSR count). The summed E-state index contributed by atoms with van der Waals surface area (Å²) in [6, 6.07) is 5.18. The zero-order valence-corrected chi connectivity index (χ0v) is 16.0. The molecule has 3 N–H and O–H groups in total. The number of carbonyl (C=O) groups excluding carboxylic acids is 1. The van der Waals surface area contributed by atoms with E-state index in [0.717, 1.165) is 24.9 Å². The first-order valence-electron chi connectivity index (χ1n) is 9.06. The Morgan fingerprint density at radius 1 is 1.35 bits per heavy atom.